The van der Waals surface area contributed by atoms with Gasteiger partial charge in [0.15, 0.2) is 0 Å². The lowest BCUT2D eigenvalue weighted by Gasteiger charge is -2.26. The van der Waals surface area contributed by atoms with E-state index in [2.05, 4.69) is 5.32 Å². The van der Waals surface area contributed by atoms with Gasteiger partial charge < -0.3 is 15.2 Å². The molecular weight excluding hydrogens is 270 g/mol. The third-order valence-electron chi connectivity index (χ3n) is 3.03. The van der Waals surface area contributed by atoms with Crippen LogP contribution in [0.4, 0.5) is 4.79 Å². The number of hydrogen-bond acceptors (Lipinski definition) is 3. The monoisotopic (exact) mass is 293 g/mol. The Morgan fingerprint density at radius 1 is 1.24 bits per heavy atom. The van der Waals surface area contributed by atoms with Crippen molar-refractivity contribution in [2.24, 2.45) is 0 Å². The Hall–Kier alpha value is -2.04. The zero-order chi connectivity index (χ0) is 16.0. The molecule has 1 rings (SSSR count). The van der Waals surface area contributed by atoms with E-state index in [-0.39, 0.29) is 12.3 Å². The predicted molar refractivity (Wildman–Crippen MR) is 80.3 cm³/mol. The maximum atomic E-state index is 11.9. The fraction of sp³-hybridized carbons (Fsp3) is 0.500. The molecule has 0 aliphatic carbocycles. The number of benzene rings is 1. The van der Waals surface area contributed by atoms with Crippen LogP contribution >= 0.6 is 0 Å². The smallest absolute Gasteiger partial charge is 0.407 e. The van der Waals surface area contributed by atoms with Crippen LogP contribution in [0.5, 0.6) is 0 Å². The average Bonchev–Trinajstić information content (AvgIpc) is 2.35. The molecule has 0 aliphatic rings. The summed E-state index contributed by atoms with van der Waals surface area (Å²) in [5, 5.41) is 11.7. The van der Waals surface area contributed by atoms with E-state index in [1.54, 1.807) is 20.8 Å². The van der Waals surface area contributed by atoms with Crippen molar-refractivity contribution in [3.05, 3.63) is 35.9 Å². The van der Waals surface area contributed by atoms with Crippen molar-refractivity contribution in [3.8, 4) is 0 Å². The highest BCUT2D eigenvalue weighted by atomic mass is 16.6. The molecule has 2 N–H and O–H groups in total. The number of nitrogens with one attached hydrogen (secondary N) is 1. The zero-order valence-electron chi connectivity index (χ0n) is 12.9. The first kappa shape index (κ1) is 17.0. The Balaban J connectivity index is 2.81. The molecule has 21 heavy (non-hydrogen) atoms. The molecule has 0 aromatic heterocycles. The van der Waals surface area contributed by atoms with E-state index >= 15 is 0 Å². The van der Waals surface area contributed by atoms with Crippen LogP contribution in [0, 0.1) is 0 Å². The first-order valence-electron chi connectivity index (χ1n) is 6.95. The summed E-state index contributed by atoms with van der Waals surface area (Å²) in [5.74, 6) is -1.09. The second-order valence-electron chi connectivity index (χ2n) is 6.05. The van der Waals surface area contributed by atoms with Crippen molar-refractivity contribution in [1.29, 1.82) is 0 Å². The van der Waals surface area contributed by atoms with Crippen LogP contribution in [0.2, 0.25) is 0 Å². The highest BCUT2D eigenvalue weighted by molar-refractivity contribution is 5.72. The van der Waals surface area contributed by atoms with Gasteiger partial charge in [0.25, 0.3) is 0 Å². The van der Waals surface area contributed by atoms with Crippen molar-refractivity contribution >= 4 is 12.1 Å². The van der Waals surface area contributed by atoms with Crippen molar-refractivity contribution < 1.29 is 19.4 Å². The fourth-order valence-corrected chi connectivity index (χ4v) is 1.99. The van der Waals surface area contributed by atoms with Gasteiger partial charge in [-0.3, -0.25) is 4.79 Å². The number of alkyl carbamates (subject to hydrolysis) is 1. The summed E-state index contributed by atoms with van der Waals surface area (Å²) >= 11 is 0. The van der Waals surface area contributed by atoms with Crippen molar-refractivity contribution in [2.75, 3.05) is 0 Å². The predicted octanol–water partition coefficient (Wildman–Crippen LogP) is 3.16. The molecule has 1 aromatic rings. The minimum absolute atomic E-state index is 0.130. The summed E-state index contributed by atoms with van der Waals surface area (Å²) in [7, 11) is 0. The van der Waals surface area contributed by atoms with Gasteiger partial charge in [0.05, 0.1) is 6.42 Å². The minimum Gasteiger partial charge on any atom is -0.481 e. The molecule has 2 atom stereocenters. The Morgan fingerprint density at radius 3 is 2.29 bits per heavy atom. The van der Waals surface area contributed by atoms with E-state index in [4.69, 9.17) is 9.84 Å². The van der Waals surface area contributed by atoms with Crippen LogP contribution in [0.3, 0.4) is 0 Å². The summed E-state index contributed by atoms with van der Waals surface area (Å²) in [6.45, 7) is 7.18. The van der Waals surface area contributed by atoms with Gasteiger partial charge in [-0.2, -0.15) is 0 Å². The van der Waals surface area contributed by atoms with Gasteiger partial charge in [-0.15, -0.1) is 0 Å². The van der Waals surface area contributed by atoms with E-state index in [1.165, 1.54) is 0 Å². The van der Waals surface area contributed by atoms with Gasteiger partial charge in [0.2, 0.25) is 0 Å². The quantitative estimate of drug-likeness (QED) is 0.874. The van der Waals surface area contributed by atoms with Gasteiger partial charge in [-0.25, -0.2) is 4.79 Å². The SMILES string of the molecule is CC(c1ccccc1)C(CC(=O)O)NC(=O)OC(C)(C)C. The molecule has 0 radical (unpaired) electrons. The van der Waals surface area contributed by atoms with E-state index in [9.17, 15) is 9.59 Å². The number of ether oxygens (including phenoxy) is 1. The highest BCUT2D eigenvalue weighted by Gasteiger charge is 2.26. The molecule has 2 unspecified atom stereocenters. The number of carboxylic acids is 1. The second kappa shape index (κ2) is 7.11. The minimum atomic E-state index is -0.959. The molecule has 0 bridgehead atoms. The average molecular weight is 293 g/mol. The molecule has 0 aliphatic heterocycles. The van der Waals surface area contributed by atoms with Crippen molar-refractivity contribution in [1.82, 2.24) is 5.32 Å². The number of rotatable bonds is 5. The van der Waals surface area contributed by atoms with Gasteiger partial charge in [-0.05, 0) is 26.3 Å². The van der Waals surface area contributed by atoms with Crippen molar-refractivity contribution in [2.45, 2.75) is 51.7 Å². The molecule has 1 aromatic carbocycles. The van der Waals surface area contributed by atoms with Crippen LogP contribution in [0.1, 0.15) is 45.6 Å². The topological polar surface area (TPSA) is 75.6 Å². The van der Waals surface area contributed by atoms with Gasteiger partial charge in [0, 0.05) is 12.0 Å². The summed E-state index contributed by atoms with van der Waals surface area (Å²) in [5.41, 5.74) is 0.355. The molecule has 5 nitrogen and oxygen atoms in total. The second-order valence-corrected chi connectivity index (χ2v) is 6.05. The summed E-state index contributed by atoms with van der Waals surface area (Å²) in [4.78, 5) is 22.9. The highest BCUT2D eigenvalue weighted by Crippen LogP contribution is 2.21. The first-order chi connectivity index (χ1) is 9.69. The van der Waals surface area contributed by atoms with E-state index in [0.717, 1.165) is 5.56 Å². The van der Waals surface area contributed by atoms with Crippen LogP contribution in [0.15, 0.2) is 30.3 Å². The molecule has 0 saturated heterocycles. The number of carbonyl (C=O) groups is 2. The van der Waals surface area contributed by atoms with Crippen molar-refractivity contribution in [3.63, 3.8) is 0 Å². The Bertz CT molecular complexity index is 479. The van der Waals surface area contributed by atoms with E-state index < -0.39 is 23.7 Å². The standard InChI is InChI=1S/C16H23NO4/c1-11(12-8-6-5-7-9-12)13(10-14(18)19)17-15(20)21-16(2,3)4/h5-9,11,13H,10H2,1-4H3,(H,17,20)(H,18,19). The zero-order valence-corrected chi connectivity index (χ0v) is 12.9. The summed E-state index contributed by atoms with van der Waals surface area (Å²) < 4.78 is 5.19. The van der Waals surface area contributed by atoms with E-state index in [1.807, 2.05) is 37.3 Å². The number of carbonyl (C=O) groups excluding carboxylic acids is 1. The maximum Gasteiger partial charge on any atom is 0.407 e. The van der Waals surface area contributed by atoms with Crippen LogP contribution in [-0.4, -0.2) is 28.8 Å². The van der Waals surface area contributed by atoms with Crippen LogP contribution in [0.25, 0.3) is 0 Å². The molecule has 1 amide bonds. The Kier molecular flexibility index (Phi) is 5.76. The molecule has 116 valence electrons. The Labute approximate surface area is 125 Å². The lowest BCUT2D eigenvalue weighted by Crippen LogP contribution is -2.42. The maximum absolute atomic E-state index is 11.9. The molecule has 0 saturated carbocycles. The van der Waals surface area contributed by atoms with Gasteiger partial charge in [-0.1, -0.05) is 37.3 Å². The number of carboxylic acid groups (broad SMARTS) is 1. The fourth-order valence-electron chi connectivity index (χ4n) is 1.99. The Morgan fingerprint density at radius 2 is 1.81 bits per heavy atom. The van der Waals surface area contributed by atoms with Gasteiger partial charge >= 0.3 is 12.1 Å². The number of amides is 1. The number of hydrogen-bond donors (Lipinski definition) is 2. The molecule has 5 heteroatoms. The normalized spacial score (nSPS) is 14.1. The molecule has 0 fully saturated rings. The first-order valence-corrected chi connectivity index (χ1v) is 6.95. The summed E-state index contributed by atoms with van der Waals surface area (Å²) in [6, 6.07) is 8.96. The molecule has 0 spiro atoms. The lowest BCUT2D eigenvalue weighted by molar-refractivity contribution is -0.137. The molecule has 0 heterocycles. The van der Waals surface area contributed by atoms with E-state index in [0.29, 0.717) is 0 Å². The molecular formula is C16H23NO4. The number of aliphatic carboxylic acids is 1. The largest absolute Gasteiger partial charge is 0.481 e. The van der Waals surface area contributed by atoms with Crippen LogP contribution in [-0.2, 0) is 9.53 Å². The third-order valence-corrected chi connectivity index (χ3v) is 3.03. The van der Waals surface area contributed by atoms with Crippen LogP contribution < -0.4 is 5.32 Å². The summed E-state index contributed by atoms with van der Waals surface area (Å²) in [6.07, 6.45) is -0.758. The third kappa shape index (κ3) is 6.29. The lowest BCUT2D eigenvalue weighted by atomic mass is 9.91. The van der Waals surface area contributed by atoms with Gasteiger partial charge in [0.1, 0.15) is 5.60 Å².